The van der Waals surface area contributed by atoms with E-state index in [1.165, 1.54) is 6.20 Å². The maximum absolute atomic E-state index is 12.1. The van der Waals surface area contributed by atoms with Gasteiger partial charge in [-0.05, 0) is 66.0 Å². The van der Waals surface area contributed by atoms with Crippen molar-refractivity contribution in [2.24, 2.45) is 5.73 Å². The van der Waals surface area contributed by atoms with Gasteiger partial charge in [-0.1, -0.05) is 77.0 Å². The maximum Gasteiger partial charge on any atom is 0.273 e. The lowest BCUT2D eigenvalue weighted by molar-refractivity contribution is 0.0936. The summed E-state index contributed by atoms with van der Waals surface area (Å²) < 4.78 is 11.1. The molecule has 0 aliphatic carbocycles. The Morgan fingerprint density at radius 2 is 1.33 bits per heavy atom. The number of aromatic nitrogens is 4. The fraction of sp³-hybridized carbons (Fsp3) is 0.184. The largest absolute Gasteiger partial charge is 0.370 e. The van der Waals surface area contributed by atoms with E-state index in [1.807, 2.05) is 92.0 Å². The zero-order valence-corrected chi connectivity index (χ0v) is 30.0. The van der Waals surface area contributed by atoms with Gasteiger partial charge in [-0.3, -0.25) is 9.59 Å². The Balaban J connectivity index is 0.000000194. The van der Waals surface area contributed by atoms with Gasteiger partial charge in [-0.15, -0.1) is 0 Å². The Bertz CT molecular complexity index is 1990. The third-order valence-electron chi connectivity index (χ3n) is 6.98. The maximum atomic E-state index is 12.1. The van der Waals surface area contributed by atoms with E-state index in [-0.39, 0.29) is 23.2 Å². The van der Waals surface area contributed by atoms with E-state index in [9.17, 15) is 9.59 Å². The van der Waals surface area contributed by atoms with Gasteiger partial charge in [-0.25, -0.2) is 9.97 Å². The van der Waals surface area contributed by atoms with Crippen LogP contribution in [0.1, 0.15) is 44.9 Å². The molecule has 0 radical (unpaired) electrons. The second-order valence-corrected chi connectivity index (χ2v) is 11.8. The number of nitrogens with two attached hydrogens (primary N) is 1. The van der Waals surface area contributed by atoms with Crippen molar-refractivity contribution in [3.05, 3.63) is 137 Å². The van der Waals surface area contributed by atoms with E-state index in [4.69, 9.17) is 20.0 Å². The predicted molar refractivity (Wildman–Crippen MR) is 201 cm³/mol. The number of halogens is 1. The van der Waals surface area contributed by atoms with Crippen molar-refractivity contribution in [2.75, 3.05) is 31.5 Å². The SMILES string of the molecule is Cc1ccc(NCCCNC(=O)c2cc(-c3ccccc3)on2)nc1.N#Cc1ccc(Br)nc1.NCCCNC(=O)c1cc(-c2ccccc2)on1. The molecular weight excluding hydrogens is 726 g/mol. The van der Waals surface area contributed by atoms with E-state index < -0.39 is 0 Å². The van der Waals surface area contributed by atoms with Crippen molar-refractivity contribution in [3.63, 3.8) is 0 Å². The first kappa shape index (κ1) is 38.6. The van der Waals surface area contributed by atoms with Crippen LogP contribution in [-0.4, -0.2) is 58.3 Å². The first-order valence-electron chi connectivity index (χ1n) is 16.3. The van der Waals surface area contributed by atoms with Crippen LogP contribution >= 0.6 is 15.9 Å². The summed E-state index contributed by atoms with van der Waals surface area (Å²) in [6.45, 7) is 4.37. The summed E-state index contributed by atoms with van der Waals surface area (Å²) in [6, 6.07) is 31.7. The lowest BCUT2D eigenvalue weighted by atomic mass is 10.1. The molecule has 5 N–H and O–H groups in total. The van der Waals surface area contributed by atoms with Crippen molar-refractivity contribution >= 4 is 33.6 Å². The molecule has 0 aliphatic heterocycles. The molecule has 6 rings (SSSR count). The number of anilines is 1. The monoisotopic (exact) mass is 763 g/mol. The quantitative estimate of drug-likeness (QED) is 0.0793. The number of carbonyl (C=O) groups is 2. The number of hydrogen-bond donors (Lipinski definition) is 4. The summed E-state index contributed by atoms with van der Waals surface area (Å²) in [7, 11) is 0. The van der Waals surface area contributed by atoms with Crippen molar-refractivity contribution < 1.29 is 18.6 Å². The number of aryl methyl sites for hydroxylation is 1. The van der Waals surface area contributed by atoms with Gasteiger partial charge in [0, 0.05) is 55.3 Å². The Morgan fingerprint density at radius 1 is 0.750 bits per heavy atom. The number of nitriles is 1. The number of amides is 2. The van der Waals surface area contributed by atoms with E-state index in [0.29, 0.717) is 36.7 Å². The molecule has 0 fully saturated rings. The number of rotatable bonds is 12. The lowest BCUT2D eigenvalue weighted by Gasteiger charge is -2.06. The first-order valence-corrected chi connectivity index (χ1v) is 17.1. The topological polar surface area (TPSA) is 198 Å². The summed E-state index contributed by atoms with van der Waals surface area (Å²) >= 11 is 3.15. The van der Waals surface area contributed by atoms with Gasteiger partial charge in [0.15, 0.2) is 22.9 Å². The Morgan fingerprint density at radius 3 is 1.81 bits per heavy atom. The van der Waals surface area contributed by atoms with Crippen LogP contribution in [-0.2, 0) is 0 Å². The molecule has 0 unspecified atom stereocenters. The number of nitrogens with one attached hydrogen (secondary N) is 3. The van der Waals surface area contributed by atoms with Crippen molar-refractivity contribution in [1.82, 2.24) is 30.9 Å². The second-order valence-electron chi connectivity index (χ2n) is 11.0. The van der Waals surface area contributed by atoms with Crippen LogP contribution in [0, 0.1) is 18.3 Å². The van der Waals surface area contributed by atoms with Crippen LogP contribution < -0.4 is 21.7 Å². The molecule has 2 amide bonds. The van der Waals surface area contributed by atoms with Gasteiger partial charge in [0.1, 0.15) is 16.5 Å². The molecule has 0 aliphatic rings. The van der Waals surface area contributed by atoms with Crippen molar-refractivity contribution in [2.45, 2.75) is 19.8 Å². The van der Waals surface area contributed by atoms with Crippen LogP contribution in [0.2, 0.25) is 0 Å². The Labute approximate surface area is 309 Å². The van der Waals surface area contributed by atoms with E-state index in [2.05, 4.69) is 52.2 Å². The molecule has 6 aromatic rings. The van der Waals surface area contributed by atoms with Gasteiger partial charge in [0.05, 0.1) is 5.56 Å². The summed E-state index contributed by atoms with van der Waals surface area (Å²) in [6.07, 6.45) is 4.86. The molecule has 13 nitrogen and oxygen atoms in total. The highest BCUT2D eigenvalue weighted by atomic mass is 79.9. The van der Waals surface area contributed by atoms with Crippen LogP contribution in [0.5, 0.6) is 0 Å². The highest BCUT2D eigenvalue weighted by Crippen LogP contribution is 2.20. The molecule has 2 aromatic carbocycles. The second kappa shape index (κ2) is 21.1. The fourth-order valence-corrected chi connectivity index (χ4v) is 4.48. The third kappa shape index (κ3) is 12.9. The number of nitrogens with zero attached hydrogens (tertiary/aromatic N) is 5. The number of benzene rings is 2. The van der Waals surface area contributed by atoms with Gasteiger partial charge < -0.3 is 30.7 Å². The van der Waals surface area contributed by atoms with Gasteiger partial charge in [-0.2, -0.15) is 5.26 Å². The van der Waals surface area contributed by atoms with E-state index >= 15 is 0 Å². The lowest BCUT2D eigenvalue weighted by Crippen LogP contribution is -2.26. The van der Waals surface area contributed by atoms with E-state index in [1.54, 1.807) is 24.3 Å². The number of pyridine rings is 2. The fourth-order valence-electron chi connectivity index (χ4n) is 4.25. The van der Waals surface area contributed by atoms with E-state index in [0.717, 1.165) is 46.5 Å². The summed E-state index contributed by atoms with van der Waals surface area (Å²) in [5, 5.41) is 24.7. The third-order valence-corrected chi connectivity index (χ3v) is 7.45. The standard InChI is InChI=1S/C19H20N4O2.C13H15N3O2.C6H3BrN2/c1-14-8-9-18(22-13-14)20-10-5-11-21-19(24)16-12-17(25-23-16)15-6-3-2-4-7-15;14-7-4-8-15-13(17)11-9-12(18-16-11)10-5-2-1-3-6-10;7-6-2-1-5(3-8)4-9-6/h2-4,6-9,12-13H,5,10-11H2,1H3,(H,20,22)(H,21,24);1-3,5-6,9H,4,7-8,14H2,(H,15,17);1-2,4H. The minimum absolute atomic E-state index is 0.237. The number of carbonyl (C=O) groups excluding carboxylic acids is 2. The number of hydrogen-bond acceptors (Lipinski definition) is 11. The zero-order valence-electron chi connectivity index (χ0n) is 28.5. The highest BCUT2D eigenvalue weighted by Gasteiger charge is 2.14. The molecule has 0 spiro atoms. The van der Waals surface area contributed by atoms with Crippen LogP contribution in [0.15, 0.2) is 123 Å². The summed E-state index contributed by atoms with van der Waals surface area (Å²) in [5.74, 6) is 1.52. The average molecular weight is 765 g/mol. The molecule has 4 aromatic heterocycles. The molecule has 0 saturated heterocycles. The van der Waals surface area contributed by atoms with Gasteiger partial charge in [0.2, 0.25) is 0 Å². The molecule has 52 heavy (non-hydrogen) atoms. The van der Waals surface area contributed by atoms with Crippen molar-refractivity contribution in [1.29, 1.82) is 5.26 Å². The molecule has 0 saturated carbocycles. The Kier molecular flexibility index (Phi) is 15.7. The highest BCUT2D eigenvalue weighted by molar-refractivity contribution is 9.10. The van der Waals surface area contributed by atoms with Crippen molar-refractivity contribution in [3.8, 4) is 28.7 Å². The Hall–Kier alpha value is -6.17. The smallest absolute Gasteiger partial charge is 0.273 e. The van der Waals surface area contributed by atoms with Crippen LogP contribution in [0.4, 0.5) is 5.82 Å². The minimum Gasteiger partial charge on any atom is -0.370 e. The summed E-state index contributed by atoms with van der Waals surface area (Å²) in [4.78, 5) is 31.9. The molecule has 4 heterocycles. The molecular formula is C38H38BrN9O4. The molecule has 266 valence electrons. The minimum atomic E-state index is -0.241. The van der Waals surface area contributed by atoms with Gasteiger partial charge >= 0.3 is 0 Å². The molecule has 0 bridgehead atoms. The average Bonchev–Trinajstić information content (AvgIpc) is 3.89. The zero-order chi connectivity index (χ0) is 37.0. The van der Waals surface area contributed by atoms with Crippen LogP contribution in [0.25, 0.3) is 22.6 Å². The predicted octanol–water partition coefficient (Wildman–Crippen LogP) is 6.41. The first-order chi connectivity index (χ1) is 25.4. The van der Waals surface area contributed by atoms with Crippen LogP contribution in [0.3, 0.4) is 0 Å². The van der Waals surface area contributed by atoms with Gasteiger partial charge in [0.25, 0.3) is 11.8 Å². The molecule has 14 heteroatoms. The summed E-state index contributed by atoms with van der Waals surface area (Å²) in [5.41, 5.74) is 9.41. The molecule has 0 atom stereocenters. The normalized spacial score (nSPS) is 10.0.